The lowest BCUT2D eigenvalue weighted by Gasteiger charge is -2.21. The Morgan fingerprint density at radius 3 is 2.09 bits per heavy atom. The zero-order chi connectivity index (χ0) is 42.6. The van der Waals surface area contributed by atoms with Crippen LogP contribution in [0.4, 0.5) is 0 Å². The first kappa shape index (κ1) is 36.0. The van der Waals surface area contributed by atoms with Crippen LogP contribution in [0.1, 0.15) is 12.1 Å². The Morgan fingerprint density at radius 2 is 1.25 bits per heavy atom. The van der Waals surface area contributed by atoms with E-state index in [1.807, 2.05) is 0 Å². The Balaban J connectivity index is 1.03. The fourth-order valence-electron chi connectivity index (χ4n) is 10.6. The normalized spacial score (nSPS) is 14.9. The number of nitrogens with zero attached hydrogens (tertiary/aromatic N) is 4. The van der Waals surface area contributed by atoms with Gasteiger partial charge in [-0.1, -0.05) is 158 Å². The monoisotopic (exact) mass is 830 g/mol. The molecule has 0 bridgehead atoms. The highest BCUT2D eigenvalue weighted by Crippen LogP contribution is 2.45. The molecule has 2 aliphatic rings. The molecule has 1 unspecified atom stereocenters. The van der Waals surface area contributed by atoms with E-state index in [4.69, 9.17) is 14.4 Å². The second-order valence-electron chi connectivity index (χ2n) is 17.2. The smallest absolute Gasteiger partial charge is 0.161 e. The van der Waals surface area contributed by atoms with Crippen LogP contribution < -0.4 is 0 Å². The van der Waals surface area contributed by atoms with E-state index < -0.39 is 0 Å². The number of rotatable bonds is 5. The molecular weight excluding hydrogens is 793 g/mol. The zero-order valence-corrected chi connectivity index (χ0v) is 35.2. The van der Waals surface area contributed by atoms with Crippen LogP contribution in [-0.4, -0.2) is 19.1 Å². The number of hydrogen-bond donors (Lipinski definition) is 0. The van der Waals surface area contributed by atoms with Crippen molar-refractivity contribution in [1.82, 2.24) is 19.1 Å². The van der Waals surface area contributed by atoms with E-state index in [9.17, 15) is 0 Å². The van der Waals surface area contributed by atoms with Gasteiger partial charge < -0.3 is 13.6 Å². The van der Waals surface area contributed by atoms with Crippen molar-refractivity contribution in [3.63, 3.8) is 0 Å². The van der Waals surface area contributed by atoms with Crippen LogP contribution in [0.25, 0.3) is 116 Å². The van der Waals surface area contributed by atoms with Crippen molar-refractivity contribution in [3.05, 3.63) is 224 Å². The number of aromatic nitrogens is 4. The second kappa shape index (κ2) is 14.0. The lowest BCUT2D eigenvalue weighted by atomic mass is 9.85. The minimum Gasteiger partial charge on any atom is -0.454 e. The van der Waals surface area contributed by atoms with Gasteiger partial charge in [0.2, 0.25) is 0 Å². The molecule has 8 aromatic carbocycles. The Bertz CT molecular complexity index is 4100. The van der Waals surface area contributed by atoms with E-state index >= 15 is 0 Å². The third-order valence-electron chi connectivity index (χ3n) is 13.6. The molecule has 0 amide bonds. The minimum absolute atomic E-state index is 0.387. The van der Waals surface area contributed by atoms with Gasteiger partial charge in [0, 0.05) is 55.0 Å². The molecule has 0 N–H and O–H groups in total. The van der Waals surface area contributed by atoms with Gasteiger partial charge in [0.15, 0.2) is 11.4 Å². The number of fused-ring (bicyclic) bond motifs is 12. The second-order valence-corrected chi connectivity index (χ2v) is 17.2. The van der Waals surface area contributed by atoms with Crippen molar-refractivity contribution in [3.8, 4) is 34.0 Å². The van der Waals surface area contributed by atoms with E-state index in [0.717, 1.165) is 84.4 Å². The van der Waals surface area contributed by atoms with Crippen molar-refractivity contribution < 1.29 is 4.42 Å². The topological polar surface area (TPSA) is 48.8 Å². The molecule has 65 heavy (non-hydrogen) atoms. The van der Waals surface area contributed by atoms with Crippen LogP contribution in [0.5, 0.6) is 0 Å². The molecule has 4 heterocycles. The summed E-state index contributed by atoms with van der Waals surface area (Å²) in [6, 6.07) is 62.9. The summed E-state index contributed by atoms with van der Waals surface area (Å²) in [5.41, 5.74) is 14.4. The molecule has 0 saturated carbocycles. The summed E-state index contributed by atoms with van der Waals surface area (Å²) in [5, 5.41) is 9.17. The molecule has 14 rings (SSSR count). The maximum Gasteiger partial charge on any atom is 0.161 e. The van der Waals surface area contributed by atoms with Gasteiger partial charge >= 0.3 is 0 Å². The third-order valence-corrected chi connectivity index (χ3v) is 13.6. The lowest BCUT2D eigenvalue weighted by Crippen LogP contribution is -2.06. The van der Waals surface area contributed by atoms with Gasteiger partial charge in [-0.05, 0) is 82.9 Å². The fraction of sp³-hybridized carbons (Fsp3) is 0.0333. The average Bonchev–Trinajstić information content (AvgIpc) is 4.04. The van der Waals surface area contributed by atoms with E-state index in [0.29, 0.717) is 11.7 Å². The Labute approximate surface area is 373 Å². The van der Waals surface area contributed by atoms with E-state index in [2.05, 4.69) is 222 Å². The number of benzene rings is 8. The molecule has 12 aromatic rings. The molecule has 0 radical (unpaired) electrons. The average molecular weight is 831 g/mol. The van der Waals surface area contributed by atoms with Gasteiger partial charge in [-0.25, -0.2) is 9.97 Å². The first-order valence-electron chi connectivity index (χ1n) is 22.3. The summed E-state index contributed by atoms with van der Waals surface area (Å²) in [6.45, 7) is 0. The van der Waals surface area contributed by atoms with E-state index in [-0.39, 0.29) is 0 Å². The van der Waals surface area contributed by atoms with Crippen molar-refractivity contribution in [1.29, 1.82) is 0 Å². The van der Waals surface area contributed by atoms with Gasteiger partial charge in [0.05, 0.1) is 39.1 Å². The molecule has 0 aliphatic heterocycles. The summed E-state index contributed by atoms with van der Waals surface area (Å²) in [6.07, 6.45) is 14.3. The molecule has 0 saturated heterocycles. The third kappa shape index (κ3) is 5.45. The molecule has 2 aliphatic carbocycles. The fourth-order valence-corrected chi connectivity index (χ4v) is 10.6. The van der Waals surface area contributed by atoms with Crippen LogP contribution in [0.3, 0.4) is 0 Å². The first-order chi connectivity index (χ1) is 32.2. The van der Waals surface area contributed by atoms with Crippen molar-refractivity contribution in [2.75, 3.05) is 0 Å². The number of hydrogen-bond acceptors (Lipinski definition) is 3. The van der Waals surface area contributed by atoms with E-state index in [1.54, 1.807) is 0 Å². The number of furan rings is 1. The summed E-state index contributed by atoms with van der Waals surface area (Å²) in [7, 11) is 0. The molecule has 5 heteroatoms. The highest BCUT2D eigenvalue weighted by atomic mass is 16.3. The first-order valence-corrected chi connectivity index (χ1v) is 22.3. The summed E-state index contributed by atoms with van der Waals surface area (Å²) < 4.78 is 12.0. The molecule has 0 spiro atoms. The highest BCUT2D eigenvalue weighted by Gasteiger charge is 2.25. The van der Waals surface area contributed by atoms with Crippen molar-refractivity contribution in [2.45, 2.75) is 6.42 Å². The maximum absolute atomic E-state index is 7.10. The molecule has 1 atom stereocenters. The Hall–Kier alpha value is -8.54. The Kier molecular flexibility index (Phi) is 7.74. The molecule has 5 nitrogen and oxygen atoms in total. The van der Waals surface area contributed by atoms with Crippen LogP contribution in [-0.2, 0) is 0 Å². The van der Waals surface area contributed by atoms with Gasteiger partial charge in [-0.2, -0.15) is 0 Å². The van der Waals surface area contributed by atoms with Crippen molar-refractivity contribution in [2.24, 2.45) is 5.92 Å². The molecular formula is C60H38N4O. The predicted octanol–water partition coefficient (Wildman–Crippen LogP) is 15.5. The largest absolute Gasteiger partial charge is 0.454 e. The number of para-hydroxylation sites is 4. The molecule has 0 fully saturated rings. The molecule has 304 valence electrons. The lowest BCUT2D eigenvalue weighted by molar-refractivity contribution is 0.666. The van der Waals surface area contributed by atoms with Crippen molar-refractivity contribution >= 4 is 81.9 Å². The zero-order valence-electron chi connectivity index (χ0n) is 35.2. The summed E-state index contributed by atoms with van der Waals surface area (Å²) in [4.78, 5) is 10.8. The van der Waals surface area contributed by atoms with Gasteiger partial charge in [-0.15, -0.1) is 0 Å². The quantitative estimate of drug-likeness (QED) is 0.174. The van der Waals surface area contributed by atoms with Gasteiger partial charge in [0.25, 0.3) is 0 Å². The highest BCUT2D eigenvalue weighted by molar-refractivity contribution is 6.24. The SMILES string of the molecule is C1=CC2=CC(c3cc(-c4ccc5ccccc5c4)nc(-c4cccc5oc6c(-n7c8ccccc8c8ccc9c%10ccccc%10n(-c%10ccccc%10)c9c87)cccc6c45)n3)=CCC2C=C1. The van der Waals surface area contributed by atoms with Crippen LogP contribution in [0, 0.1) is 5.92 Å². The molecule has 4 aromatic heterocycles. The maximum atomic E-state index is 7.10. The predicted molar refractivity (Wildman–Crippen MR) is 269 cm³/mol. The Morgan fingerprint density at radius 1 is 0.538 bits per heavy atom. The standard InChI is InChI=1S/C60H38N4O/c1-2-18-43(19-3-1)63-52-24-10-8-20-44(52)46-32-33-47-45-21-9-11-25-53(45)64(58(47)57(46)63)54-26-12-22-48-56-49(23-13-27-55(56)65-59(48)54)60-61-50(41-30-28-37-14-4-6-16-39(37)34-41)36-51(62-60)42-31-29-38-15-5-7-17-40(38)35-42/h1-28,30-36,38H,29H2. The van der Waals surface area contributed by atoms with E-state index in [1.165, 1.54) is 43.4 Å². The van der Waals surface area contributed by atoms with Crippen LogP contribution in [0.2, 0.25) is 0 Å². The van der Waals surface area contributed by atoms with Gasteiger partial charge in [0.1, 0.15) is 5.58 Å². The van der Waals surface area contributed by atoms with Crippen LogP contribution in [0.15, 0.2) is 222 Å². The minimum atomic E-state index is 0.387. The van der Waals surface area contributed by atoms with Gasteiger partial charge in [-0.3, -0.25) is 0 Å². The summed E-state index contributed by atoms with van der Waals surface area (Å²) >= 11 is 0. The summed E-state index contributed by atoms with van der Waals surface area (Å²) in [5.74, 6) is 1.05. The number of allylic oxidation sites excluding steroid dienone is 8. The van der Waals surface area contributed by atoms with Crippen LogP contribution >= 0.6 is 0 Å².